The van der Waals surface area contributed by atoms with Crippen molar-refractivity contribution in [1.82, 2.24) is 10.3 Å². The fourth-order valence-corrected chi connectivity index (χ4v) is 2.85. The Morgan fingerprint density at radius 1 is 1.07 bits per heavy atom. The van der Waals surface area contributed by atoms with Crippen molar-refractivity contribution < 1.29 is 13.6 Å². The molecule has 0 spiro atoms. The minimum Gasteiger partial charge on any atom is -0.464 e. The van der Waals surface area contributed by atoms with E-state index in [1.807, 2.05) is 12.1 Å². The first kappa shape index (κ1) is 18.0. The molecule has 0 aliphatic rings. The van der Waals surface area contributed by atoms with Crippen molar-refractivity contribution in [2.75, 3.05) is 5.32 Å². The van der Waals surface area contributed by atoms with Crippen LogP contribution < -0.4 is 10.6 Å². The van der Waals surface area contributed by atoms with Gasteiger partial charge in [-0.3, -0.25) is 4.79 Å². The molecular formula is C21H15ClFN3O2. The predicted molar refractivity (Wildman–Crippen MR) is 106 cm³/mol. The smallest absolute Gasteiger partial charge is 0.270 e. The maximum atomic E-state index is 13.1. The van der Waals surface area contributed by atoms with Gasteiger partial charge in [0.25, 0.3) is 5.91 Å². The summed E-state index contributed by atoms with van der Waals surface area (Å²) in [5.41, 5.74) is 2.30. The van der Waals surface area contributed by atoms with Crippen LogP contribution in [0, 0.1) is 5.82 Å². The van der Waals surface area contributed by atoms with Crippen molar-refractivity contribution in [2.24, 2.45) is 0 Å². The Morgan fingerprint density at radius 2 is 1.82 bits per heavy atom. The maximum absolute atomic E-state index is 13.1. The highest BCUT2D eigenvalue weighted by Crippen LogP contribution is 2.26. The van der Waals surface area contributed by atoms with Crippen LogP contribution in [0.4, 0.5) is 15.9 Å². The molecule has 0 bridgehead atoms. The number of fused-ring (bicyclic) bond motifs is 1. The molecule has 0 aliphatic carbocycles. The molecule has 0 radical (unpaired) electrons. The number of nitrogens with zero attached hydrogens (tertiary/aromatic N) is 1. The van der Waals surface area contributed by atoms with Crippen LogP contribution in [-0.4, -0.2) is 10.9 Å². The molecular weight excluding hydrogens is 381 g/mol. The molecule has 28 heavy (non-hydrogen) atoms. The van der Waals surface area contributed by atoms with E-state index in [1.165, 1.54) is 18.4 Å². The number of rotatable bonds is 5. The van der Waals surface area contributed by atoms with Gasteiger partial charge < -0.3 is 15.1 Å². The highest BCUT2D eigenvalue weighted by Gasteiger charge is 2.14. The van der Waals surface area contributed by atoms with E-state index in [9.17, 15) is 9.18 Å². The van der Waals surface area contributed by atoms with E-state index in [0.717, 1.165) is 10.9 Å². The maximum Gasteiger partial charge on any atom is 0.270 e. The quantitative estimate of drug-likeness (QED) is 0.481. The fraction of sp³-hybridized carbons (Fsp3) is 0.0476. The Hall–Kier alpha value is -3.38. The lowest BCUT2D eigenvalue weighted by molar-refractivity contribution is 0.0946. The van der Waals surface area contributed by atoms with Gasteiger partial charge in [-0.25, -0.2) is 9.37 Å². The molecule has 0 aliphatic heterocycles. The topological polar surface area (TPSA) is 67.2 Å². The molecule has 2 heterocycles. The zero-order valence-electron chi connectivity index (χ0n) is 14.6. The van der Waals surface area contributed by atoms with Crippen LogP contribution in [0.5, 0.6) is 0 Å². The molecule has 0 saturated carbocycles. The van der Waals surface area contributed by atoms with Gasteiger partial charge in [-0.1, -0.05) is 23.7 Å². The zero-order chi connectivity index (χ0) is 19.5. The number of nitrogens with one attached hydrogen (secondary N) is 2. The first-order valence-corrected chi connectivity index (χ1v) is 8.90. The van der Waals surface area contributed by atoms with Crippen molar-refractivity contribution >= 4 is 40.0 Å². The summed E-state index contributed by atoms with van der Waals surface area (Å²) in [7, 11) is 0. The van der Waals surface area contributed by atoms with Crippen molar-refractivity contribution in [3.05, 3.63) is 89.0 Å². The first-order valence-electron chi connectivity index (χ1n) is 8.52. The summed E-state index contributed by atoms with van der Waals surface area (Å²) < 4.78 is 18.6. The van der Waals surface area contributed by atoms with Crippen molar-refractivity contribution in [2.45, 2.75) is 6.54 Å². The normalized spacial score (nSPS) is 10.8. The van der Waals surface area contributed by atoms with Crippen molar-refractivity contribution in [3.63, 3.8) is 0 Å². The minimum absolute atomic E-state index is 0.209. The van der Waals surface area contributed by atoms with Gasteiger partial charge in [-0.2, -0.15) is 0 Å². The van der Waals surface area contributed by atoms with Crippen LogP contribution >= 0.6 is 11.6 Å². The average Bonchev–Trinajstić information content (AvgIpc) is 3.18. The number of anilines is 2. The number of pyridine rings is 1. The van der Waals surface area contributed by atoms with Gasteiger partial charge in [0.15, 0.2) is 0 Å². The molecule has 140 valence electrons. The van der Waals surface area contributed by atoms with Crippen molar-refractivity contribution in [3.8, 4) is 0 Å². The standard InChI is InChI=1S/C21H15ClFN3O2/c22-14-3-1-13(2-4-14)12-24-21(27)18-11-19-17(9-10-28-19)20(26-18)25-16-7-5-15(23)6-8-16/h1-11H,12H2,(H,24,27)(H,25,26). The summed E-state index contributed by atoms with van der Waals surface area (Å²) in [5, 5.41) is 7.29. The molecule has 7 heteroatoms. The van der Waals surface area contributed by atoms with E-state index in [4.69, 9.17) is 16.0 Å². The SMILES string of the molecule is O=C(NCc1ccc(Cl)cc1)c1cc2occc2c(Nc2ccc(F)cc2)n1. The predicted octanol–water partition coefficient (Wildman–Crippen LogP) is 5.29. The second-order valence-electron chi connectivity index (χ2n) is 6.13. The summed E-state index contributed by atoms with van der Waals surface area (Å²) in [6.45, 7) is 0.342. The lowest BCUT2D eigenvalue weighted by atomic mass is 10.2. The second-order valence-corrected chi connectivity index (χ2v) is 6.57. The summed E-state index contributed by atoms with van der Waals surface area (Å²) in [6, 6.07) is 16.4. The number of halogens is 2. The monoisotopic (exact) mass is 395 g/mol. The molecule has 0 unspecified atom stereocenters. The van der Waals surface area contributed by atoms with Gasteiger partial charge in [0.05, 0.1) is 11.6 Å². The van der Waals surface area contributed by atoms with Gasteiger partial charge in [-0.15, -0.1) is 0 Å². The molecule has 4 aromatic rings. The minimum atomic E-state index is -0.338. The molecule has 2 aromatic heterocycles. The van der Waals surface area contributed by atoms with Crippen LogP contribution in [-0.2, 0) is 6.54 Å². The van der Waals surface area contributed by atoms with Crippen LogP contribution in [0.25, 0.3) is 11.0 Å². The van der Waals surface area contributed by atoms with E-state index in [-0.39, 0.29) is 17.4 Å². The lowest BCUT2D eigenvalue weighted by Gasteiger charge is -2.10. The van der Waals surface area contributed by atoms with Gasteiger partial charge in [-0.05, 0) is 48.0 Å². The lowest BCUT2D eigenvalue weighted by Crippen LogP contribution is -2.24. The van der Waals surface area contributed by atoms with Gasteiger partial charge in [0, 0.05) is 23.3 Å². The molecule has 1 amide bonds. The molecule has 5 nitrogen and oxygen atoms in total. The molecule has 2 aromatic carbocycles. The Bertz CT molecular complexity index is 1120. The third-order valence-electron chi connectivity index (χ3n) is 4.16. The molecule has 4 rings (SSSR count). The molecule has 0 atom stereocenters. The van der Waals surface area contributed by atoms with Crippen LogP contribution in [0.1, 0.15) is 16.1 Å². The highest BCUT2D eigenvalue weighted by molar-refractivity contribution is 6.30. The summed E-state index contributed by atoms with van der Waals surface area (Å²) >= 11 is 5.87. The second kappa shape index (κ2) is 7.70. The summed E-state index contributed by atoms with van der Waals surface area (Å²) in [6.07, 6.45) is 1.53. The van der Waals surface area contributed by atoms with Crippen LogP contribution in [0.3, 0.4) is 0 Å². The van der Waals surface area contributed by atoms with Gasteiger partial charge >= 0.3 is 0 Å². The summed E-state index contributed by atoms with van der Waals surface area (Å²) in [5.74, 6) is -0.216. The largest absolute Gasteiger partial charge is 0.464 e. The number of aromatic nitrogens is 1. The number of carbonyl (C=O) groups excluding carboxylic acids is 1. The number of furan rings is 1. The first-order chi connectivity index (χ1) is 13.6. The fourth-order valence-electron chi connectivity index (χ4n) is 2.72. The van der Waals surface area contributed by atoms with Crippen molar-refractivity contribution in [1.29, 1.82) is 0 Å². The zero-order valence-corrected chi connectivity index (χ0v) is 15.3. The van der Waals surface area contributed by atoms with E-state index in [1.54, 1.807) is 36.4 Å². The highest BCUT2D eigenvalue weighted by atomic mass is 35.5. The van der Waals surface area contributed by atoms with E-state index < -0.39 is 0 Å². The Kier molecular flexibility index (Phi) is 4.95. The number of amides is 1. The van der Waals surface area contributed by atoms with Gasteiger partial charge in [0.1, 0.15) is 22.9 Å². The van der Waals surface area contributed by atoms with Crippen LogP contribution in [0.2, 0.25) is 5.02 Å². The Labute approximate surface area is 165 Å². The van der Waals surface area contributed by atoms with E-state index in [2.05, 4.69) is 15.6 Å². The summed E-state index contributed by atoms with van der Waals surface area (Å²) in [4.78, 5) is 17.0. The number of hydrogen-bond acceptors (Lipinski definition) is 4. The third kappa shape index (κ3) is 3.97. The van der Waals surface area contributed by atoms with Crippen LogP contribution in [0.15, 0.2) is 71.3 Å². The number of hydrogen-bond donors (Lipinski definition) is 2. The Balaban J connectivity index is 1.57. The average molecular weight is 396 g/mol. The molecule has 0 fully saturated rings. The van der Waals surface area contributed by atoms with Gasteiger partial charge in [0.2, 0.25) is 0 Å². The third-order valence-corrected chi connectivity index (χ3v) is 4.41. The molecule has 2 N–H and O–H groups in total. The number of benzene rings is 2. The Morgan fingerprint density at radius 3 is 2.57 bits per heavy atom. The van der Waals surface area contributed by atoms with E-state index >= 15 is 0 Å². The number of carbonyl (C=O) groups is 1. The molecule has 0 saturated heterocycles. The van der Waals surface area contributed by atoms with E-state index in [0.29, 0.717) is 28.7 Å².